The van der Waals surface area contributed by atoms with Crippen molar-refractivity contribution in [2.45, 2.75) is 50.6 Å². The molecular weight excluding hydrogens is 160 g/mol. The summed E-state index contributed by atoms with van der Waals surface area (Å²) in [5, 5.41) is 3.69. The topological polar surface area (TPSA) is 15.3 Å². The molecule has 2 aliphatic rings. The van der Waals surface area contributed by atoms with E-state index in [9.17, 15) is 0 Å². The lowest BCUT2D eigenvalue weighted by atomic mass is 9.93. The van der Waals surface area contributed by atoms with Gasteiger partial charge in [-0.1, -0.05) is 6.92 Å². The van der Waals surface area contributed by atoms with E-state index in [1.165, 1.54) is 45.2 Å². The van der Waals surface area contributed by atoms with Gasteiger partial charge in [-0.05, 0) is 45.7 Å². The van der Waals surface area contributed by atoms with Crippen molar-refractivity contribution >= 4 is 0 Å². The quantitative estimate of drug-likeness (QED) is 0.710. The van der Waals surface area contributed by atoms with Crippen LogP contribution in [0.25, 0.3) is 0 Å². The molecule has 1 saturated carbocycles. The van der Waals surface area contributed by atoms with Crippen LogP contribution in [0.1, 0.15) is 39.0 Å². The van der Waals surface area contributed by atoms with E-state index >= 15 is 0 Å². The zero-order valence-corrected chi connectivity index (χ0v) is 8.97. The van der Waals surface area contributed by atoms with Crippen molar-refractivity contribution < 1.29 is 0 Å². The van der Waals surface area contributed by atoms with Crippen LogP contribution in [0.3, 0.4) is 0 Å². The fraction of sp³-hybridized carbons (Fsp3) is 1.00. The minimum absolute atomic E-state index is 0.456. The summed E-state index contributed by atoms with van der Waals surface area (Å²) in [5.41, 5.74) is 0.456. The molecule has 0 bridgehead atoms. The zero-order chi connectivity index (χ0) is 9.31. The molecule has 1 saturated heterocycles. The third-order valence-corrected chi connectivity index (χ3v) is 3.73. The summed E-state index contributed by atoms with van der Waals surface area (Å²) >= 11 is 0. The predicted octanol–water partition coefficient (Wildman–Crippen LogP) is 1.61. The molecule has 76 valence electrons. The SMILES string of the molecule is CCC1(CN(C)C2CC2)CCCN1. The molecule has 1 N–H and O–H groups in total. The minimum Gasteiger partial charge on any atom is -0.310 e. The van der Waals surface area contributed by atoms with Gasteiger partial charge in [0.05, 0.1) is 0 Å². The third kappa shape index (κ3) is 2.05. The molecule has 1 aliphatic carbocycles. The highest BCUT2D eigenvalue weighted by Gasteiger charge is 2.36. The molecule has 0 aromatic rings. The molecule has 0 spiro atoms. The highest BCUT2D eigenvalue weighted by Crippen LogP contribution is 2.30. The molecule has 0 amide bonds. The van der Waals surface area contributed by atoms with Crippen LogP contribution in [0.4, 0.5) is 0 Å². The summed E-state index contributed by atoms with van der Waals surface area (Å²) < 4.78 is 0. The third-order valence-electron chi connectivity index (χ3n) is 3.73. The highest BCUT2D eigenvalue weighted by molar-refractivity contribution is 4.96. The van der Waals surface area contributed by atoms with Crippen LogP contribution in [0.15, 0.2) is 0 Å². The first-order chi connectivity index (χ1) is 6.26. The number of nitrogens with zero attached hydrogens (tertiary/aromatic N) is 1. The molecule has 2 rings (SSSR count). The fourth-order valence-corrected chi connectivity index (χ4v) is 2.54. The summed E-state index contributed by atoms with van der Waals surface area (Å²) in [4.78, 5) is 2.56. The fourth-order valence-electron chi connectivity index (χ4n) is 2.54. The Hall–Kier alpha value is -0.0800. The van der Waals surface area contributed by atoms with E-state index in [1.807, 2.05) is 0 Å². The van der Waals surface area contributed by atoms with E-state index in [-0.39, 0.29) is 0 Å². The van der Waals surface area contributed by atoms with Crippen LogP contribution < -0.4 is 5.32 Å². The number of hydrogen-bond acceptors (Lipinski definition) is 2. The van der Waals surface area contributed by atoms with Crippen molar-refractivity contribution in [2.24, 2.45) is 0 Å². The normalized spacial score (nSPS) is 34.4. The first-order valence-electron chi connectivity index (χ1n) is 5.71. The van der Waals surface area contributed by atoms with Gasteiger partial charge in [-0.25, -0.2) is 0 Å². The molecule has 1 aliphatic heterocycles. The second kappa shape index (κ2) is 3.58. The molecule has 2 heteroatoms. The standard InChI is InChI=1S/C11H22N2/c1-3-11(7-4-8-12-11)9-13(2)10-5-6-10/h10,12H,3-9H2,1-2H3. The Bertz CT molecular complexity index is 169. The molecule has 13 heavy (non-hydrogen) atoms. The lowest BCUT2D eigenvalue weighted by Crippen LogP contribution is -2.48. The van der Waals surface area contributed by atoms with Crippen LogP contribution in [0.2, 0.25) is 0 Å². The maximum Gasteiger partial charge on any atom is 0.0306 e. The average Bonchev–Trinajstić information content (AvgIpc) is 2.89. The summed E-state index contributed by atoms with van der Waals surface area (Å²) in [6.45, 7) is 4.81. The van der Waals surface area contributed by atoms with Gasteiger partial charge >= 0.3 is 0 Å². The Kier molecular flexibility index (Phi) is 2.61. The van der Waals surface area contributed by atoms with Gasteiger partial charge < -0.3 is 10.2 Å². The van der Waals surface area contributed by atoms with Gasteiger partial charge in [0.1, 0.15) is 0 Å². The summed E-state index contributed by atoms with van der Waals surface area (Å²) in [6.07, 6.45) is 6.88. The molecule has 2 nitrogen and oxygen atoms in total. The monoisotopic (exact) mass is 182 g/mol. The van der Waals surface area contributed by atoms with E-state index < -0.39 is 0 Å². The largest absolute Gasteiger partial charge is 0.310 e. The number of nitrogens with one attached hydrogen (secondary N) is 1. The van der Waals surface area contributed by atoms with Gasteiger partial charge in [0.2, 0.25) is 0 Å². The maximum absolute atomic E-state index is 3.69. The Labute approximate surface area is 81.7 Å². The summed E-state index contributed by atoms with van der Waals surface area (Å²) in [6, 6.07) is 0.908. The van der Waals surface area contributed by atoms with Crippen molar-refractivity contribution in [1.29, 1.82) is 0 Å². The van der Waals surface area contributed by atoms with Gasteiger partial charge in [0.15, 0.2) is 0 Å². The van der Waals surface area contributed by atoms with Gasteiger partial charge in [-0.15, -0.1) is 0 Å². The van der Waals surface area contributed by atoms with Gasteiger partial charge in [0, 0.05) is 18.1 Å². The Morgan fingerprint density at radius 3 is 2.69 bits per heavy atom. The van der Waals surface area contributed by atoms with Crippen LogP contribution in [0.5, 0.6) is 0 Å². The number of hydrogen-bond donors (Lipinski definition) is 1. The van der Waals surface area contributed by atoms with Crippen molar-refractivity contribution in [3.63, 3.8) is 0 Å². The molecule has 0 radical (unpaired) electrons. The first kappa shape index (κ1) is 9.47. The molecule has 1 atom stereocenters. The summed E-state index contributed by atoms with van der Waals surface area (Å²) in [5.74, 6) is 0. The first-order valence-corrected chi connectivity index (χ1v) is 5.71. The molecule has 2 fully saturated rings. The van der Waals surface area contributed by atoms with E-state index in [1.54, 1.807) is 0 Å². The molecular formula is C11H22N2. The minimum atomic E-state index is 0.456. The number of rotatable bonds is 4. The molecule has 0 aromatic carbocycles. The number of likely N-dealkylation sites (N-methyl/N-ethyl adjacent to an activating group) is 1. The lowest BCUT2D eigenvalue weighted by Gasteiger charge is -2.33. The van der Waals surface area contributed by atoms with Crippen molar-refractivity contribution in [2.75, 3.05) is 20.1 Å². The highest BCUT2D eigenvalue weighted by atomic mass is 15.2. The maximum atomic E-state index is 3.69. The predicted molar refractivity (Wildman–Crippen MR) is 55.9 cm³/mol. The molecule has 1 unspecified atom stereocenters. The van der Waals surface area contributed by atoms with Crippen LogP contribution in [-0.4, -0.2) is 36.6 Å². The van der Waals surface area contributed by atoms with Crippen LogP contribution >= 0.6 is 0 Å². The lowest BCUT2D eigenvalue weighted by molar-refractivity contribution is 0.213. The second-order valence-electron chi connectivity index (χ2n) is 4.81. The summed E-state index contributed by atoms with van der Waals surface area (Å²) in [7, 11) is 2.29. The van der Waals surface area contributed by atoms with Crippen molar-refractivity contribution in [1.82, 2.24) is 10.2 Å². The smallest absolute Gasteiger partial charge is 0.0306 e. The molecule has 0 aromatic heterocycles. The van der Waals surface area contributed by atoms with E-state index in [2.05, 4.69) is 24.2 Å². The Morgan fingerprint density at radius 1 is 1.46 bits per heavy atom. The van der Waals surface area contributed by atoms with E-state index in [4.69, 9.17) is 0 Å². The van der Waals surface area contributed by atoms with Crippen molar-refractivity contribution in [3.8, 4) is 0 Å². The Balaban J connectivity index is 1.88. The van der Waals surface area contributed by atoms with Gasteiger partial charge in [-0.3, -0.25) is 0 Å². The van der Waals surface area contributed by atoms with Crippen molar-refractivity contribution in [3.05, 3.63) is 0 Å². The second-order valence-corrected chi connectivity index (χ2v) is 4.81. The van der Waals surface area contributed by atoms with E-state index in [0.29, 0.717) is 5.54 Å². The van der Waals surface area contributed by atoms with Crippen LogP contribution in [-0.2, 0) is 0 Å². The van der Waals surface area contributed by atoms with Gasteiger partial charge in [-0.2, -0.15) is 0 Å². The van der Waals surface area contributed by atoms with Gasteiger partial charge in [0.25, 0.3) is 0 Å². The van der Waals surface area contributed by atoms with Crippen LogP contribution in [0, 0.1) is 0 Å². The van der Waals surface area contributed by atoms with E-state index in [0.717, 1.165) is 6.04 Å². The Morgan fingerprint density at radius 2 is 2.23 bits per heavy atom. The molecule has 1 heterocycles. The average molecular weight is 182 g/mol. The zero-order valence-electron chi connectivity index (χ0n) is 8.97.